The summed E-state index contributed by atoms with van der Waals surface area (Å²) in [5.74, 6) is 0. The molecule has 0 radical (unpaired) electrons. The van der Waals surface area contributed by atoms with Gasteiger partial charge in [0.25, 0.3) is 0 Å². The van der Waals surface area contributed by atoms with Crippen LogP contribution in [0.25, 0.3) is 0 Å². The van der Waals surface area contributed by atoms with Gasteiger partial charge in [-0.1, -0.05) is 102 Å². The van der Waals surface area contributed by atoms with E-state index in [1.165, 1.54) is 16.7 Å². The first-order valence-electron chi connectivity index (χ1n) is 8.65. The Morgan fingerprint density at radius 1 is 0.565 bits per heavy atom. The van der Waals surface area contributed by atoms with E-state index in [0.29, 0.717) is 10.8 Å². The Hall–Kier alpha value is -1.56. The Morgan fingerprint density at radius 2 is 0.957 bits per heavy atom. The van der Waals surface area contributed by atoms with Crippen LogP contribution in [0.2, 0.25) is 0 Å². The molecule has 0 atom stereocenters. The summed E-state index contributed by atoms with van der Waals surface area (Å²) >= 11 is 0. The van der Waals surface area contributed by atoms with Crippen molar-refractivity contribution in [2.24, 2.45) is 10.8 Å². The molecule has 126 valence electrons. The molecule has 0 bridgehead atoms. The minimum absolute atomic E-state index is 0.398. The highest BCUT2D eigenvalue weighted by Crippen LogP contribution is 2.20. The molecule has 2 aromatic rings. The third kappa shape index (κ3) is 9.94. The highest BCUT2D eigenvalue weighted by molar-refractivity contribution is 5.22. The van der Waals surface area contributed by atoms with E-state index in [9.17, 15) is 0 Å². The normalized spacial score (nSPS) is 11.6. The molecular formula is C23H34. The Kier molecular flexibility index (Phi) is 7.06. The van der Waals surface area contributed by atoms with Crippen molar-refractivity contribution in [3.63, 3.8) is 0 Å². The van der Waals surface area contributed by atoms with Gasteiger partial charge in [-0.2, -0.15) is 0 Å². The van der Waals surface area contributed by atoms with E-state index in [1.54, 1.807) is 0 Å². The molecule has 0 saturated carbocycles. The van der Waals surface area contributed by atoms with Gasteiger partial charge < -0.3 is 0 Å². The highest BCUT2D eigenvalue weighted by Gasteiger charge is 2.10. The van der Waals surface area contributed by atoms with E-state index >= 15 is 0 Å². The lowest BCUT2D eigenvalue weighted by atomic mass is 9.88. The quantitative estimate of drug-likeness (QED) is 0.568. The first-order chi connectivity index (χ1) is 10.6. The zero-order valence-corrected chi connectivity index (χ0v) is 16.1. The van der Waals surface area contributed by atoms with E-state index in [4.69, 9.17) is 0 Å². The molecular weight excluding hydrogens is 276 g/mol. The van der Waals surface area contributed by atoms with Gasteiger partial charge in [0.05, 0.1) is 0 Å². The fraction of sp³-hybridized carbons (Fsp3) is 0.478. The summed E-state index contributed by atoms with van der Waals surface area (Å²) in [6.45, 7) is 15.7. The minimum Gasteiger partial charge on any atom is -0.0622 e. The lowest BCUT2D eigenvalue weighted by Gasteiger charge is -2.17. The van der Waals surface area contributed by atoms with Crippen molar-refractivity contribution in [2.45, 2.75) is 61.3 Å². The number of hydrogen-bond acceptors (Lipinski definition) is 0. The molecule has 0 unspecified atom stereocenters. The fourth-order valence-electron chi connectivity index (χ4n) is 2.53. The highest BCUT2D eigenvalue weighted by atomic mass is 14.2. The largest absolute Gasteiger partial charge is 0.0622 e. The molecule has 0 aliphatic heterocycles. The minimum atomic E-state index is 0.398. The van der Waals surface area contributed by atoms with Crippen molar-refractivity contribution in [3.05, 3.63) is 71.3 Å². The SMILES string of the molecule is CC(C)(C)Cc1ccccc1.Cc1ccc(CC(C)(C)C)cc1. The topological polar surface area (TPSA) is 0 Å². The van der Waals surface area contributed by atoms with Crippen molar-refractivity contribution in [1.29, 1.82) is 0 Å². The summed E-state index contributed by atoms with van der Waals surface area (Å²) in [6.07, 6.45) is 2.32. The maximum absolute atomic E-state index is 2.27. The van der Waals surface area contributed by atoms with Gasteiger partial charge >= 0.3 is 0 Å². The molecule has 2 aromatic carbocycles. The number of benzene rings is 2. The van der Waals surface area contributed by atoms with Crippen LogP contribution in [0, 0.1) is 17.8 Å². The third-order valence-corrected chi connectivity index (χ3v) is 3.43. The summed E-state index contributed by atoms with van der Waals surface area (Å²) in [5.41, 5.74) is 5.01. The molecule has 0 spiro atoms. The molecule has 0 saturated heterocycles. The third-order valence-electron chi connectivity index (χ3n) is 3.43. The van der Waals surface area contributed by atoms with Gasteiger partial charge in [0.1, 0.15) is 0 Å². The summed E-state index contributed by atoms with van der Waals surface area (Å²) in [6, 6.07) is 19.4. The van der Waals surface area contributed by atoms with Crippen LogP contribution in [0.4, 0.5) is 0 Å². The van der Waals surface area contributed by atoms with Crippen LogP contribution in [0.5, 0.6) is 0 Å². The average Bonchev–Trinajstić information content (AvgIpc) is 2.40. The lowest BCUT2D eigenvalue weighted by Crippen LogP contribution is -2.08. The first kappa shape index (κ1) is 19.5. The predicted octanol–water partition coefficient (Wildman–Crippen LogP) is 6.86. The maximum atomic E-state index is 2.27. The maximum Gasteiger partial charge on any atom is -0.0230 e. The van der Waals surface area contributed by atoms with Crippen molar-refractivity contribution in [3.8, 4) is 0 Å². The van der Waals surface area contributed by atoms with Gasteiger partial charge in [-0.15, -0.1) is 0 Å². The molecule has 0 aromatic heterocycles. The molecule has 0 fully saturated rings. The molecule has 0 heterocycles. The Morgan fingerprint density at radius 3 is 1.35 bits per heavy atom. The fourth-order valence-corrected chi connectivity index (χ4v) is 2.53. The van der Waals surface area contributed by atoms with E-state index in [0.717, 1.165) is 12.8 Å². The number of aryl methyl sites for hydroxylation is 1. The summed E-state index contributed by atoms with van der Waals surface area (Å²) in [4.78, 5) is 0. The van der Waals surface area contributed by atoms with Crippen LogP contribution in [0.1, 0.15) is 58.2 Å². The zero-order chi connectivity index (χ0) is 17.5. The average molecular weight is 311 g/mol. The molecule has 0 nitrogen and oxygen atoms in total. The summed E-state index contributed by atoms with van der Waals surface area (Å²) < 4.78 is 0. The molecule has 0 heteroatoms. The smallest absolute Gasteiger partial charge is 0.0230 e. The van der Waals surface area contributed by atoms with Crippen LogP contribution < -0.4 is 0 Å². The van der Waals surface area contributed by atoms with Crippen molar-refractivity contribution >= 4 is 0 Å². The Bertz CT molecular complexity index is 548. The van der Waals surface area contributed by atoms with Gasteiger partial charge in [-0.25, -0.2) is 0 Å². The standard InChI is InChI=1S/C12H18.C11H16/c1-10-5-7-11(8-6-10)9-12(2,3)4;1-11(2,3)9-10-7-5-4-6-8-10/h5-8H,9H2,1-4H3;4-8H,9H2,1-3H3. The summed E-state index contributed by atoms with van der Waals surface area (Å²) in [5, 5.41) is 0. The second-order valence-electron chi connectivity index (χ2n) is 8.95. The van der Waals surface area contributed by atoms with Crippen LogP contribution in [0.15, 0.2) is 54.6 Å². The monoisotopic (exact) mass is 310 g/mol. The van der Waals surface area contributed by atoms with Crippen LogP contribution in [-0.4, -0.2) is 0 Å². The zero-order valence-electron chi connectivity index (χ0n) is 16.1. The first-order valence-corrected chi connectivity index (χ1v) is 8.65. The molecule has 23 heavy (non-hydrogen) atoms. The predicted molar refractivity (Wildman–Crippen MR) is 104 cm³/mol. The Balaban J connectivity index is 0.000000231. The van der Waals surface area contributed by atoms with E-state index < -0.39 is 0 Å². The molecule has 2 rings (SSSR count). The van der Waals surface area contributed by atoms with Crippen LogP contribution in [0.3, 0.4) is 0 Å². The number of hydrogen-bond donors (Lipinski definition) is 0. The second kappa shape index (κ2) is 8.34. The van der Waals surface area contributed by atoms with Crippen molar-refractivity contribution in [1.82, 2.24) is 0 Å². The number of rotatable bonds is 2. The van der Waals surface area contributed by atoms with Gasteiger partial charge in [-0.3, -0.25) is 0 Å². The summed E-state index contributed by atoms with van der Waals surface area (Å²) in [7, 11) is 0. The molecule has 0 amide bonds. The molecule has 0 aliphatic rings. The van der Waals surface area contributed by atoms with Gasteiger partial charge in [0.15, 0.2) is 0 Å². The Labute approximate surface area is 144 Å². The van der Waals surface area contributed by atoms with E-state index in [1.807, 2.05) is 0 Å². The van der Waals surface area contributed by atoms with Crippen LogP contribution in [-0.2, 0) is 12.8 Å². The molecule has 0 aliphatic carbocycles. The van der Waals surface area contributed by atoms with Crippen molar-refractivity contribution < 1.29 is 0 Å². The van der Waals surface area contributed by atoms with Crippen molar-refractivity contribution in [2.75, 3.05) is 0 Å². The van der Waals surface area contributed by atoms with E-state index in [2.05, 4.69) is 103 Å². The van der Waals surface area contributed by atoms with Gasteiger partial charge in [0.2, 0.25) is 0 Å². The molecule has 0 N–H and O–H groups in total. The van der Waals surface area contributed by atoms with Crippen LogP contribution >= 0.6 is 0 Å². The lowest BCUT2D eigenvalue weighted by molar-refractivity contribution is 0.411. The van der Waals surface area contributed by atoms with E-state index in [-0.39, 0.29) is 0 Å². The second-order valence-corrected chi connectivity index (χ2v) is 8.95. The van der Waals surface area contributed by atoms with Gasteiger partial charge in [-0.05, 0) is 41.7 Å². The van der Waals surface area contributed by atoms with Gasteiger partial charge in [0, 0.05) is 0 Å².